The average molecular weight is 613 g/mol. The number of aromatic nitrogens is 2. The van der Waals surface area contributed by atoms with Crippen molar-refractivity contribution in [2.75, 3.05) is 0 Å². The highest BCUT2D eigenvalue weighted by molar-refractivity contribution is 6.21. The van der Waals surface area contributed by atoms with Crippen LogP contribution in [0.5, 0.6) is 0 Å². The summed E-state index contributed by atoms with van der Waals surface area (Å²) >= 11 is 0. The van der Waals surface area contributed by atoms with Crippen molar-refractivity contribution in [1.82, 2.24) is 9.55 Å². The van der Waals surface area contributed by atoms with Crippen LogP contribution in [0.4, 0.5) is 0 Å². The van der Waals surface area contributed by atoms with Crippen molar-refractivity contribution in [3.8, 4) is 50.5 Å². The van der Waals surface area contributed by atoms with E-state index in [1.165, 1.54) is 54.6 Å². The summed E-state index contributed by atoms with van der Waals surface area (Å²) in [4.78, 5) is 5.17. The Morgan fingerprint density at radius 1 is 0.396 bits per heavy atom. The highest BCUT2D eigenvalue weighted by atomic mass is 15.1. The third-order valence-electron chi connectivity index (χ3n) is 9.50. The standard InChI is InChI=1S/C46H32N2/c1-31-47-45(33-16-4-2-5-17-33)46(34-18-6-3-7-19-34)48(31)38-22-14-21-36(30-38)43-39-23-10-12-25-41(39)44(42-26-13-11-24-40(42)43)37-28-27-32-15-8-9-20-35(32)29-37/h2-30H,1H3. The molecule has 0 fully saturated rings. The minimum atomic E-state index is 0.950. The fourth-order valence-corrected chi connectivity index (χ4v) is 7.40. The first-order valence-electron chi connectivity index (χ1n) is 16.5. The van der Waals surface area contributed by atoms with Crippen molar-refractivity contribution < 1.29 is 0 Å². The summed E-state index contributed by atoms with van der Waals surface area (Å²) in [5.74, 6) is 0.950. The predicted molar refractivity (Wildman–Crippen MR) is 203 cm³/mol. The number of hydrogen-bond acceptors (Lipinski definition) is 1. The summed E-state index contributed by atoms with van der Waals surface area (Å²) in [7, 11) is 0. The molecule has 0 atom stereocenters. The number of imidazole rings is 1. The van der Waals surface area contributed by atoms with E-state index in [9.17, 15) is 0 Å². The molecular weight excluding hydrogens is 581 g/mol. The van der Waals surface area contributed by atoms with Crippen molar-refractivity contribution >= 4 is 32.3 Å². The van der Waals surface area contributed by atoms with Gasteiger partial charge in [-0.15, -0.1) is 0 Å². The smallest absolute Gasteiger partial charge is 0.111 e. The highest BCUT2D eigenvalue weighted by Gasteiger charge is 2.21. The van der Waals surface area contributed by atoms with E-state index < -0.39 is 0 Å². The quantitative estimate of drug-likeness (QED) is 0.177. The summed E-state index contributed by atoms with van der Waals surface area (Å²) in [5.41, 5.74) is 10.3. The Hall–Kier alpha value is -6.25. The zero-order chi connectivity index (χ0) is 32.0. The topological polar surface area (TPSA) is 17.8 Å². The van der Waals surface area contributed by atoms with Gasteiger partial charge in [0.15, 0.2) is 0 Å². The molecule has 0 radical (unpaired) electrons. The summed E-state index contributed by atoms with van der Waals surface area (Å²) in [6, 6.07) is 63.3. The van der Waals surface area contributed by atoms with E-state index in [1.807, 2.05) is 0 Å². The van der Waals surface area contributed by atoms with Crippen LogP contribution >= 0.6 is 0 Å². The van der Waals surface area contributed by atoms with Gasteiger partial charge < -0.3 is 0 Å². The second-order valence-electron chi connectivity index (χ2n) is 12.4. The van der Waals surface area contributed by atoms with Gasteiger partial charge in [0.25, 0.3) is 0 Å². The summed E-state index contributed by atoms with van der Waals surface area (Å²) < 4.78 is 2.31. The van der Waals surface area contributed by atoms with Crippen LogP contribution < -0.4 is 0 Å². The molecular formula is C46H32N2. The number of aryl methyl sites for hydroxylation is 1. The molecule has 2 nitrogen and oxygen atoms in total. The van der Waals surface area contributed by atoms with Crippen molar-refractivity contribution in [2.24, 2.45) is 0 Å². The molecule has 0 aliphatic heterocycles. The monoisotopic (exact) mass is 612 g/mol. The lowest BCUT2D eigenvalue weighted by molar-refractivity contribution is 0.981. The first-order valence-corrected chi connectivity index (χ1v) is 16.5. The Balaban J connectivity index is 1.30. The van der Waals surface area contributed by atoms with Gasteiger partial charge in [-0.3, -0.25) is 4.57 Å². The van der Waals surface area contributed by atoms with Crippen LogP contribution in [0.15, 0.2) is 176 Å². The normalized spacial score (nSPS) is 11.4. The molecule has 0 saturated carbocycles. The van der Waals surface area contributed by atoms with Gasteiger partial charge in [-0.25, -0.2) is 4.98 Å². The number of rotatable bonds is 5. The van der Waals surface area contributed by atoms with Crippen molar-refractivity contribution in [3.63, 3.8) is 0 Å². The molecule has 0 unspecified atom stereocenters. The van der Waals surface area contributed by atoms with E-state index in [0.29, 0.717) is 0 Å². The van der Waals surface area contributed by atoms with Gasteiger partial charge in [0.05, 0.1) is 11.4 Å². The number of fused-ring (bicyclic) bond motifs is 3. The van der Waals surface area contributed by atoms with E-state index in [4.69, 9.17) is 4.98 Å². The van der Waals surface area contributed by atoms with Gasteiger partial charge in [-0.1, -0.05) is 158 Å². The van der Waals surface area contributed by atoms with Gasteiger partial charge in [0.2, 0.25) is 0 Å². The number of benzene rings is 8. The molecule has 1 aromatic heterocycles. The Labute approximate surface area is 280 Å². The van der Waals surface area contributed by atoms with Crippen LogP contribution in [-0.4, -0.2) is 9.55 Å². The largest absolute Gasteiger partial charge is 0.296 e. The summed E-state index contributed by atoms with van der Waals surface area (Å²) in [6.45, 7) is 2.11. The van der Waals surface area contributed by atoms with Crippen LogP contribution in [0.2, 0.25) is 0 Å². The van der Waals surface area contributed by atoms with Crippen molar-refractivity contribution in [2.45, 2.75) is 6.92 Å². The van der Waals surface area contributed by atoms with Crippen LogP contribution in [-0.2, 0) is 0 Å². The SMILES string of the molecule is Cc1nc(-c2ccccc2)c(-c2ccccc2)n1-c1cccc(-c2c3ccccc3c(-c3ccc4ccccc4c3)c3ccccc23)c1. The summed E-state index contributed by atoms with van der Waals surface area (Å²) in [6.07, 6.45) is 0. The lowest BCUT2D eigenvalue weighted by Gasteiger charge is -2.19. The van der Waals surface area contributed by atoms with Gasteiger partial charge in [-0.05, 0) is 79.7 Å². The third kappa shape index (κ3) is 4.61. The fraction of sp³-hybridized carbons (Fsp3) is 0.0217. The van der Waals surface area contributed by atoms with Crippen molar-refractivity contribution in [3.05, 3.63) is 182 Å². The first kappa shape index (κ1) is 28.0. The Morgan fingerprint density at radius 3 is 1.52 bits per heavy atom. The van der Waals surface area contributed by atoms with E-state index in [2.05, 4.69) is 187 Å². The zero-order valence-electron chi connectivity index (χ0n) is 26.6. The zero-order valence-corrected chi connectivity index (χ0v) is 26.6. The Kier molecular flexibility index (Phi) is 6.72. The van der Waals surface area contributed by atoms with Gasteiger partial charge >= 0.3 is 0 Å². The highest BCUT2D eigenvalue weighted by Crippen LogP contribution is 2.45. The maximum atomic E-state index is 5.17. The van der Waals surface area contributed by atoms with Crippen LogP contribution in [0.1, 0.15) is 5.82 Å². The molecule has 0 aliphatic carbocycles. The molecule has 0 bridgehead atoms. The second-order valence-corrected chi connectivity index (χ2v) is 12.4. The lowest BCUT2D eigenvalue weighted by Crippen LogP contribution is -2.00. The second kappa shape index (κ2) is 11.5. The molecule has 0 spiro atoms. The van der Waals surface area contributed by atoms with E-state index in [0.717, 1.165) is 34.0 Å². The molecule has 9 aromatic rings. The van der Waals surface area contributed by atoms with E-state index >= 15 is 0 Å². The number of hydrogen-bond donors (Lipinski definition) is 0. The molecule has 226 valence electrons. The summed E-state index contributed by atoms with van der Waals surface area (Å²) in [5, 5.41) is 7.49. The lowest BCUT2D eigenvalue weighted by atomic mass is 9.85. The minimum Gasteiger partial charge on any atom is -0.296 e. The molecule has 0 aliphatic rings. The van der Waals surface area contributed by atoms with Crippen LogP contribution in [0, 0.1) is 6.92 Å². The fourth-order valence-electron chi connectivity index (χ4n) is 7.40. The molecule has 9 rings (SSSR count). The predicted octanol–water partition coefficient (Wildman–Crippen LogP) is 12.3. The molecule has 8 aromatic carbocycles. The van der Waals surface area contributed by atoms with Crippen molar-refractivity contribution in [1.29, 1.82) is 0 Å². The van der Waals surface area contributed by atoms with Gasteiger partial charge in [-0.2, -0.15) is 0 Å². The van der Waals surface area contributed by atoms with Gasteiger partial charge in [0, 0.05) is 16.8 Å². The first-order chi connectivity index (χ1) is 23.7. The van der Waals surface area contributed by atoms with Crippen LogP contribution in [0.3, 0.4) is 0 Å². The molecule has 0 saturated heterocycles. The van der Waals surface area contributed by atoms with E-state index in [-0.39, 0.29) is 0 Å². The van der Waals surface area contributed by atoms with Crippen LogP contribution in [0.25, 0.3) is 82.8 Å². The molecule has 0 amide bonds. The average Bonchev–Trinajstić information content (AvgIpc) is 3.51. The number of nitrogens with zero attached hydrogens (tertiary/aromatic N) is 2. The minimum absolute atomic E-state index is 0.950. The third-order valence-corrected chi connectivity index (χ3v) is 9.50. The Morgan fingerprint density at radius 2 is 0.896 bits per heavy atom. The maximum Gasteiger partial charge on any atom is 0.111 e. The van der Waals surface area contributed by atoms with Gasteiger partial charge in [0.1, 0.15) is 5.82 Å². The molecule has 0 N–H and O–H groups in total. The maximum absolute atomic E-state index is 5.17. The van der Waals surface area contributed by atoms with E-state index in [1.54, 1.807) is 0 Å². The Bertz CT molecular complexity index is 2560. The molecule has 2 heteroatoms. The molecule has 48 heavy (non-hydrogen) atoms. The molecule has 1 heterocycles.